The highest BCUT2D eigenvalue weighted by Crippen LogP contribution is 2.36. The topological polar surface area (TPSA) is 99.1 Å². The first-order valence-corrected chi connectivity index (χ1v) is 8.64. The average molecular weight is 457 g/mol. The minimum atomic E-state index is -0.522. The van der Waals surface area contributed by atoms with Gasteiger partial charge in [-0.25, -0.2) is 15.2 Å². The molecule has 1 aromatic carbocycles. The van der Waals surface area contributed by atoms with Crippen LogP contribution in [0.25, 0.3) is 0 Å². The number of hydrogen-bond donors (Lipinski definition) is 1. The number of halogens is 2. The molecule has 0 fully saturated rings. The van der Waals surface area contributed by atoms with Crippen molar-refractivity contribution in [2.24, 2.45) is 5.10 Å². The average Bonchev–Trinajstić information content (AvgIpc) is 2.66. The lowest BCUT2D eigenvalue weighted by Gasteiger charge is -2.12. The number of nitrogens with zero attached hydrogens (tertiary/aromatic N) is 2. The molecule has 10 heteroatoms. The Kier molecular flexibility index (Phi) is 7.56. The number of ether oxygens (including phenoxy) is 3. The van der Waals surface area contributed by atoms with E-state index in [0.29, 0.717) is 21.5 Å². The molecule has 0 atom stereocenters. The molecule has 1 aromatic heterocycles. The summed E-state index contributed by atoms with van der Waals surface area (Å²) in [5, 5.41) is 3.98. The van der Waals surface area contributed by atoms with Crippen LogP contribution < -0.4 is 14.9 Å². The Labute approximate surface area is 168 Å². The minimum Gasteiger partial charge on any atom is -0.493 e. The zero-order valence-corrected chi connectivity index (χ0v) is 16.7. The van der Waals surface area contributed by atoms with Gasteiger partial charge in [0.15, 0.2) is 18.1 Å². The predicted octanol–water partition coefficient (Wildman–Crippen LogP) is 2.82. The van der Waals surface area contributed by atoms with Crippen LogP contribution in [-0.4, -0.2) is 43.9 Å². The second kappa shape index (κ2) is 9.89. The summed E-state index contributed by atoms with van der Waals surface area (Å²) in [6.45, 7) is -0.263. The Hall–Kier alpha value is -2.65. The van der Waals surface area contributed by atoms with Gasteiger partial charge in [0.2, 0.25) is 0 Å². The summed E-state index contributed by atoms with van der Waals surface area (Å²) >= 11 is 9.21. The minimum absolute atomic E-state index is 0.0849. The Morgan fingerprint density at radius 1 is 1.37 bits per heavy atom. The van der Waals surface area contributed by atoms with Crippen molar-refractivity contribution in [2.45, 2.75) is 0 Å². The zero-order chi connectivity index (χ0) is 19.8. The molecule has 0 saturated carbocycles. The summed E-state index contributed by atoms with van der Waals surface area (Å²) in [7, 11) is 2.73. The molecule has 0 aliphatic heterocycles. The van der Waals surface area contributed by atoms with Crippen molar-refractivity contribution in [1.29, 1.82) is 0 Å². The third-order valence-electron chi connectivity index (χ3n) is 3.20. The third-order valence-corrected chi connectivity index (χ3v) is 4.09. The number of carbonyl (C=O) groups is 2. The summed E-state index contributed by atoms with van der Waals surface area (Å²) in [6.07, 6.45) is 2.90. The van der Waals surface area contributed by atoms with Crippen LogP contribution in [0, 0.1) is 0 Å². The number of aromatic nitrogens is 1. The quantitative estimate of drug-likeness (QED) is 0.298. The van der Waals surface area contributed by atoms with Gasteiger partial charge in [-0.15, -0.1) is 0 Å². The van der Waals surface area contributed by atoms with Gasteiger partial charge in [0.05, 0.1) is 30.5 Å². The molecule has 0 unspecified atom stereocenters. The van der Waals surface area contributed by atoms with Crippen LogP contribution in [0.3, 0.4) is 0 Å². The second-order valence-electron chi connectivity index (χ2n) is 4.94. The molecule has 0 aliphatic rings. The Bertz CT molecular complexity index is 876. The molecule has 2 aromatic rings. The molecule has 142 valence electrons. The van der Waals surface area contributed by atoms with Crippen molar-refractivity contribution < 1.29 is 23.8 Å². The van der Waals surface area contributed by atoms with E-state index in [4.69, 9.17) is 21.1 Å². The van der Waals surface area contributed by atoms with E-state index < -0.39 is 11.9 Å². The number of esters is 1. The van der Waals surface area contributed by atoms with E-state index in [1.54, 1.807) is 18.2 Å². The Morgan fingerprint density at radius 2 is 2.15 bits per heavy atom. The third kappa shape index (κ3) is 5.66. The van der Waals surface area contributed by atoms with Crippen LogP contribution in [0.5, 0.6) is 11.5 Å². The van der Waals surface area contributed by atoms with Gasteiger partial charge in [-0.05, 0) is 45.8 Å². The van der Waals surface area contributed by atoms with Crippen LogP contribution >= 0.6 is 27.5 Å². The summed E-state index contributed by atoms with van der Waals surface area (Å²) in [5.74, 6) is -0.303. The van der Waals surface area contributed by atoms with Gasteiger partial charge in [0.1, 0.15) is 5.15 Å². The number of amides is 1. The highest BCUT2D eigenvalue weighted by molar-refractivity contribution is 9.10. The molecule has 0 saturated heterocycles. The maximum Gasteiger partial charge on any atom is 0.343 e. The van der Waals surface area contributed by atoms with Crippen molar-refractivity contribution in [2.75, 3.05) is 20.8 Å². The number of nitrogens with one attached hydrogen (secondary N) is 1. The fourth-order valence-corrected chi connectivity index (χ4v) is 2.70. The molecule has 1 heterocycles. The first kappa shape index (κ1) is 20.7. The molecular weight excluding hydrogens is 442 g/mol. The first-order valence-electron chi connectivity index (χ1n) is 7.47. The fraction of sp³-hybridized carbons (Fsp3) is 0.176. The number of pyridine rings is 1. The molecule has 27 heavy (non-hydrogen) atoms. The number of carbonyl (C=O) groups excluding carboxylic acids is 2. The van der Waals surface area contributed by atoms with Crippen LogP contribution in [-0.2, 0) is 9.53 Å². The molecule has 8 nitrogen and oxygen atoms in total. The molecule has 0 radical (unpaired) electrons. The van der Waals surface area contributed by atoms with Gasteiger partial charge in [-0.2, -0.15) is 5.10 Å². The lowest BCUT2D eigenvalue weighted by atomic mass is 10.2. The van der Waals surface area contributed by atoms with E-state index in [1.807, 2.05) is 0 Å². The van der Waals surface area contributed by atoms with Gasteiger partial charge >= 0.3 is 5.97 Å². The smallest absolute Gasteiger partial charge is 0.343 e. The van der Waals surface area contributed by atoms with E-state index in [0.717, 1.165) is 0 Å². The van der Waals surface area contributed by atoms with Gasteiger partial charge in [-0.3, -0.25) is 4.79 Å². The number of hydrazone groups is 1. The molecule has 1 N–H and O–H groups in total. The van der Waals surface area contributed by atoms with E-state index in [2.05, 4.69) is 36.2 Å². The van der Waals surface area contributed by atoms with Crippen LogP contribution in [0.1, 0.15) is 15.9 Å². The normalized spacial score (nSPS) is 10.5. The number of methoxy groups -OCH3 is 2. The standard InChI is InChI=1S/C17H15BrClN3O5/c1-25-13-7-10(6-12(18)15(13)27-9-14(23)26-2)8-21-22-17(24)11-4-3-5-20-16(11)19/h3-8H,9H2,1-2H3,(H,22,24). The molecule has 2 rings (SSSR count). The van der Waals surface area contributed by atoms with Crippen molar-refractivity contribution in [1.82, 2.24) is 10.4 Å². The van der Waals surface area contributed by atoms with Crippen LogP contribution in [0.4, 0.5) is 0 Å². The van der Waals surface area contributed by atoms with Crippen molar-refractivity contribution in [3.63, 3.8) is 0 Å². The number of benzene rings is 1. The largest absolute Gasteiger partial charge is 0.493 e. The Balaban J connectivity index is 2.11. The van der Waals surface area contributed by atoms with Gasteiger partial charge in [0, 0.05) is 6.20 Å². The summed E-state index contributed by atoms with van der Waals surface area (Å²) in [5.41, 5.74) is 3.19. The van der Waals surface area contributed by atoms with E-state index in [1.165, 1.54) is 32.7 Å². The zero-order valence-electron chi connectivity index (χ0n) is 14.4. The highest BCUT2D eigenvalue weighted by Gasteiger charge is 2.14. The van der Waals surface area contributed by atoms with Gasteiger partial charge < -0.3 is 14.2 Å². The molecule has 1 amide bonds. The Morgan fingerprint density at radius 3 is 2.81 bits per heavy atom. The predicted molar refractivity (Wildman–Crippen MR) is 103 cm³/mol. The first-order chi connectivity index (χ1) is 13.0. The highest BCUT2D eigenvalue weighted by atomic mass is 79.9. The summed E-state index contributed by atoms with van der Waals surface area (Å²) in [6, 6.07) is 6.44. The maximum absolute atomic E-state index is 12.0. The fourth-order valence-electron chi connectivity index (χ4n) is 1.93. The molecular formula is C17H15BrClN3O5. The van der Waals surface area contributed by atoms with Gasteiger partial charge in [-0.1, -0.05) is 11.6 Å². The summed E-state index contributed by atoms with van der Waals surface area (Å²) < 4.78 is 15.7. The molecule has 0 spiro atoms. The number of hydrogen-bond acceptors (Lipinski definition) is 7. The van der Waals surface area contributed by atoms with E-state index in [-0.39, 0.29) is 17.3 Å². The monoisotopic (exact) mass is 455 g/mol. The lowest BCUT2D eigenvalue weighted by Crippen LogP contribution is -2.18. The van der Waals surface area contributed by atoms with Crippen molar-refractivity contribution in [3.8, 4) is 11.5 Å². The second-order valence-corrected chi connectivity index (χ2v) is 6.15. The van der Waals surface area contributed by atoms with Crippen molar-refractivity contribution >= 4 is 45.6 Å². The van der Waals surface area contributed by atoms with E-state index in [9.17, 15) is 9.59 Å². The molecule has 0 aliphatic carbocycles. The maximum atomic E-state index is 12.0. The van der Waals surface area contributed by atoms with Crippen LogP contribution in [0.15, 0.2) is 40.0 Å². The molecule has 0 bridgehead atoms. The van der Waals surface area contributed by atoms with E-state index >= 15 is 0 Å². The number of rotatable bonds is 7. The van der Waals surface area contributed by atoms with Crippen molar-refractivity contribution in [3.05, 3.63) is 51.2 Å². The van der Waals surface area contributed by atoms with Crippen LogP contribution in [0.2, 0.25) is 5.15 Å². The SMILES string of the molecule is COC(=O)COc1c(Br)cc(C=NNC(=O)c2cccnc2Cl)cc1OC. The lowest BCUT2D eigenvalue weighted by molar-refractivity contribution is -0.142. The van der Waals surface area contributed by atoms with Gasteiger partial charge in [0.25, 0.3) is 5.91 Å². The summed E-state index contributed by atoms with van der Waals surface area (Å²) in [4.78, 5) is 27.1.